The van der Waals surface area contributed by atoms with Crippen molar-refractivity contribution in [1.82, 2.24) is 0 Å². The van der Waals surface area contributed by atoms with E-state index in [0.29, 0.717) is 5.92 Å². The van der Waals surface area contributed by atoms with Crippen LogP contribution in [0.15, 0.2) is 12.1 Å². The van der Waals surface area contributed by atoms with Crippen molar-refractivity contribution in [3.63, 3.8) is 0 Å². The van der Waals surface area contributed by atoms with Crippen molar-refractivity contribution < 1.29 is 8.78 Å². The lowest BCUT2D eigenvalue weighted by Gasteiger charge is -2.43. The van der Waals surface area contributed by atoms with Gasteiger partial charge in [0.25, 0.3) is 0 Å². The second kappa shape index (κ2) is 12.2. The second-order valence-electron chi connectivity index (χ2n) is 12.1. The van der Waals surface area contributed by atoms with Gasteiger partial charge in [-0.15, -0.1) is 0 Å². The van der Waals surface area contributed by atoms with Crippen LogP contribution in [0.5, 0.6) is 0 Å². The molecule has 0 amide bonds. The van der Waals surface area contributed by atoms with E-state index in [9.17, 15) is 8.78 Å². The van der Waals surface area contributed by atoms with E-state index in [-0.39, 0.29) is 17.2 Å². The summed E-state index contributed by atoms with van der Waals surface area (Å²) in [6.07, 6.45) is 23.7. The van der Waals surface area contributed by atoms with Crippen LogP contribution in [-0.4, -0.2) is 0 Å². The Kier molecular flexibility index (Phi) is 9.28. The average molecular weight is 459 g/mol. The lowest BCUT2D eigenvalue weighted by Crippen LogP contribution is -2.30. The zero-order valence-electron chi connectivity index (χ0n) is 21.4. The molecule has 4 rings (SSSR count). The lowest BCUT2D eigenvalue weighted by atomic mass is 9.63. The molecule has 3 saturated carbocycles. The summed E-state index contributed by atoms with van der Waals surface area (Å²) < 4.78 is 28.2. The molecule has 3 aliphatic carbocycles. The Morgan fingerprint density at radius 2 is 1.24 bits per heavy atom. The van der Waals surface area contributed by atoms with Crippen LogP contribution in [0.3, 0.4) is 0 Å². The quantitative estimate of drug-likeness (QED) is 0.323. The van der Waals surface area contributed by atoms with Crippen molar-refractivity contribution in [1.29, 1.82) is 0 Å². The van der Waals surface area contributed by atoms with Crippen LogP contribution in [0.4, 0.5) is 8.78 Å². The van der Waals surface area contributed by atoms with Crippen LogP contribution in [0, 0.1) is 48.1 Å². The van der Waals surface area contributed by atoms with E-state index < -0.39 is 0 Å². The summed E-state index contributed by atoms with van der Waals surface area (Å²) in [7, 11) is 0. The maximum atomic E-state index is 14.1. The molecule has 2 heteroatoms. The first-order valence-corrected chi connectivity index (χ1v) is 14.5. The highest BCUT2D eigenvalue weighted by atomic mass is 19.1. The Morgan fingerprint density at radius 3 is 1.94 bits per heavy atom. The molecule has 186 valence electrons. The lowest BCUT2D eigenvalue weighted by molar-refractivity contribution is 0.108. The van der Waals surface area contributed by atoms with Crippen LogP contribution in [-0.2, 0) is 0 Å². The Balaban J connectivity index is 1.16. The molecular weight excluding hydrogens is 410 g/mol. The normalized spacial score (nSPS) is 32.5. The van der Waals surface area contributed by atoms with E-state index >= 15 is 0 Å². The third kappa shape index (κ3) is 6.82. The molecule has 0 N–H and O–H groups in total. The van der Waals surface area contributed by atoms with Crippen LogP contribution in [0.1, 0.15) is 133 Å². The third-order valence-electron chi connectivity index (χ3n) is 9.91. The zero-order chi connectivity index (χ0) is 23.2. The van der Waals surface area contributed by atoms with E-state index in [0.717, 1.165) is 48.0 Å². The Morgan fingerprint density at radius 1 is 0.667 bits per heavy atom. The summed E-state index contributed by atoms with van der Waals surface area (Å²) in [5.41, 5.74) is 1.06. The van der Waals surface area contributed by atoms with E-state index in [4.69, 9.17) is 0 Å². The highest BCUT2D eigenvalue weighted by Gasteiger charge is 2.36. The largest absolute Gasteiger partial charge is 0.207 e. The van der Waals surface area contributed by atoms with Gasteiger partial charge in [0.05, 0.1) is 0 Å². The maximum Gasteiger partial charge on any atom is 0.129 e. The van der Waals surface area contributed by atoms with Gasteiger partial charge in [-0.05, 0) is 92.2 Å². The van der Waals surface area contributed by atoms with Crippen molar-refractivity contribution in [2.45, 2.75) is 129 Å². The standard InChI is InChI=1S/C31H48F2/c1-3-4-5-6-7-23-8-10-24(11-9-23)12-13-25-14-15-27-19-28(17-16-26(27)18-25)29-20-30(32)22(2)31(33)21-29/h20-21,23-28H,3-19H2,1-2H3. The monoisotopic (exact) mass is 458 g/mol. The van der Waals surface area contributed by atoms with Crippen LogP contribution in [0.2, 0.25) is 0 Å². The van der Waals surface area contributed by atoms with E-state index in [1.165, 1.54) is 103 Å². The molecule has 4 unspecified atom stereocenters. The highest BCUT2D eigenvalue weighted by molar-refractivity contribution is 5.28. The van der Waals surface area contributed by atoms with E-state index in [2.05, 4.69) is 6.92 Å². The van der Waals surface area contributed by atoms with Crippen LogP contribution in [0.25, 0.3) is 0 Å². The topological polar surface area (TPSA) is 0 Å². The third-order valence-corrected chi connectivity index (χ3v) is 9.91. The number of benzene rings is 1. The summed E-state index contributed by atoms with van der Waals surface area (Å²) >= 11 is 0. The van der Waals surface area contributed by atoms with Gasteiger partial charge in [0, 0.05) is 5.56 Å². The molecule has 0 bridgehead atoms. The van der Waals surface area contributed by atoms with Gasteiger partial charge >= 0.3 is 0 Å². The van der Waals surface area contributed by atoms with Crippen LogP contribution >= 0.6 is 0 Å². The fourth-order valence-corrected chi connectivity index (χ4v) is 7.59. The molecule has 0 radical (unpaired) electrons. The number of fused-ring (bicyclic) bond motifs is 1. The molecule has 33 heavy (non-hydrogen) atoms. The molecule has 0 aromatic heterocycles. The Labute approximate surface area is 202 Å². The number of halogens is 2. The predicted molar refractivity (Wildman–Crippen MR) is 135 cm³/mol. The van der Waals surface area contributed by atoms with Gasteiger partial charge in [0.1, 0.15) is 11.6 Å². The van der Waals surface area contributed by atoms with Gasteiger partial charge in [-0.3, -0.25) is 0 Å². The molecule has 0 nitrogen and oxygen atoms in total. The van der Waals surface area contributed by atoms with Gasteiger partial charge in [-0.25, -0.2) is 8.78 Å². The molecule has 1 aromatic rings. The molecule has 0 aliphatic heterocycles. The molecule has 0 saturated heterocycles. The van der Waals surface area contributed by atoms with Gasteiger partial charge in [0.15, 0.2) is 0 Å². The minimum atomic E-state index is -0.374. The smallest absolute Gasteiger partial charge is 0.129 e. The first-order chi connectivity index (χ1) is 16.0. The summed E-state index contributed by atoms with van der Waals surface area (Å²) in [5.74, 6) is 4.20. The first kappa shape index (κ1) is 25.2. The molecule has 3 fully saturated rings. The summed E-state index contributed by atoms with van der Waals surface area (Å²) in [5, 5.41) is 0. The minimum absolute atomic E-state index is 0.161. The molecule has 0 heterocycles. The van der Waals surface area contributed by atoms with Gasteiger partial charge in [0.2, 0.25) is 0 Å². The number of hydrogen-bond acceptors (Lipinski definition) is 0. The molecule has 4 atom stereocenters. The first-order valence-electron chi connectivity index (χ1n) is 14.5. The van der Waals surface area contributed by atoms with Crippen molar-refractivity contribution in [2.75, 3.05) is 0 Å². The highest BCUT2D eigenvalue weighted by Crippen LogP contribution is 2.49. The Bertz CT molecular complexity index is 709. The Hall–Kier alpha value is -0.920. The van der Waals surface area contributed by atoms with Crippen molar-refractivity contribution in [3.05, 3.63) is 34.9 Å². The SMILES string of the molecule is CCCCCCC1CCC(CCC2CCC3CC(c4cc(F)c(C)c(F)c4)CCC3C2)CC1. The molecule has 0 spiro atoms. The van der Waals surface area contributed by atoms with Crippen molar-refractivity contribution in [3.8, 4) is 0 Å². The summed E-state index contributed by atoms with van der Waals surface area (Å²) in [4.78, 5) is 0. The number of hydrogen-bond donors (Lipinski definition) is 0. The molecule has 3 aliphatic rings. The number of rotatable bonds is 9. The number of unbranched alkanes of at least 4 members (excludes halogenated alkanes) is 3. The predicted octanol–water partition coefficient (Wildman–Crippen LogP) is 10.1. The van der Waals surface area contributed by atoms with Gasteiger partial charge < -0.3 is 0 Å². The van der Waals surface area contributed by atoms with Gasteiger partial charge in [-0.2, -0.15) is 0 Å². The summed E-state index contributed by atoms with van der Waals surface area (Å²) in [6, 6.07) is 3.21. The van der Waals surface area contributed by atoms with Crippen molar-refractivity contribution in [2.24, 2.45) is 29.6 Å². The zero-order valence-corrected chi connectivity index (χ0v) is 21.4. The summed E-state index contributed by atoms with van der Waals surface area (Å²) in [6.45, 7) is 3.84. The molecule has 1 aromatic carbocycles. The second-order valence-corrected chi connectivity index (χ2v) is 12.1. The van der Waals surface area contributed by atoms with Gasteiger partial charge in [-0.1, -0.05) is 84.0 Å². The fourth-order valence-electron chi connectivity index (χ4n) is 7.59. The van der Waals surface area contributed by atoms with E-state index in [1.807, 2.05) is 0 Å². The van der Waals surface area contributed by atoms with Crippen LogP contribution < -0.4 is 0 Å². The van der Waals surface area contributed by atoms with Crippen molar-refractivity contribution >= 4 is 0 Å². The maximum absolute atomic E-state index is 14.1. The minimum Gasteiger partial charge on any atom is -0.207 e. The average Bonchev–Trinajstić information content (AvgIpc) is 2.84. The fraction of sp³-hybridized carbons (Fsp3) is 0.806. The molecular formula is C31H48F2. The van der Waals surface area contributed by atoms with E-state index in [1.54, 1.807) is 12.1 Å².